The van der Waals surface area contributed by atoms with Crippen molar-refractivity contribution in [3.05, 3.63) is 218 Å². The summed E-state index contributed by atoms with van der Waals surface area (Å²) in [6.45, 7) is 0. The first-order valence-corrected chi connectivity index (χ1v) is 21.1. The van der Waals surface area contributed by atoms with Crippen LogP contribution in [0.2, 0.25) is 0 Å². The Morgan fingerprint density at radius 2 is 0.968 bits per heavy atom. The molecule has 4 nitrogen and oxygen atoms in total. The molecule has 10 aromatic carbocycles. The minimum absolute atomic E-state index is 0.854. The van der Waals surface area contributed by atoms with E-state index in [2.05, 4.69) is 204 Å². The number of aromatic nitrogens is 1. The molecule has 0 bridgehead atoms. The molecule has 0 saturated heterocycles. The van der Waals surface area contributed by atoms with Crippen molar-refractivity contribution < 1.29 is 8.83 Å². The van der Waals surface area contributed by atoms with Gasteiger partial charge in [0.05, 0.1) is 16.6 Å². The van der Waals surface area contributed by atoms with Gasteiger partial charge in [0.15, 0.2) is 5.58 Å². The van der Waals surface area contributed by atoms with E-state index in [0.717, 1.165) is 88.8 Å². The van der Waals surface area contributed by atoms with Gasteiger partial charge in [-0.15, -0.1) is 0 Å². The van der Waals surface area contributed by atoms with Crippen LogP contribution in [-0.2, 0) is 0 Å². The SMILES string of the molecule is c1ccc(-n2c3ccc(-c4ccc(N(c5ccc(-c6cc7ccccc7c7ccccc67)cc5)c5cccc6c5oc5ccccc56)cc4)cc3c3c4ccccc4oc32)cc1. The fourth-order valence-electron chi connectivity index (χ4n) is 9.73. The lowest BCUT2D eigenvalue weighted by molar-refractivity contribution is 0.645. The second-order valence-electron chi connectivity index (χ2n) is 16.1. The Morgan fingerprint density at radius 1 is 0.371 bits per heavy atom. The quantitative estimate of drug-likeness (QED) is 0.157. The van der Waals surface area contributed by atoms with Crippen molar-refractivity contribution in [2.24, 2.45) is 0 Å². The summed E-state index contributed by atoms with van der Waals surface area (Å²) in [7, 11) is 0. The average molecular weight is 793 g/mol. The van der Waals surface area contributed by atoms with Gasteiger partial charge in [-0.2, -0.15) is 0 Å². The van der Waals surface area contributed by atoms with E-state index in [1.165, 1.54) is 32.7 Å². The molecule has 3 heterocycles. The lowest BCUT2D eigenvalue weighted by atomic mass is 9.93. The van der Waals surface area contributed by atoms with Gasteiger partial charge >= 0.3 is 0 Å². The van der Waals surface area contributed by atoms with E-state index in [1.807, 2.05) is 24.3 Å². The molecule has 0 fully saturated rings. The van der Waals surface area contributed by atoms with Crippen LogP contribution >= 0.6 is 0 Å². The van der Waals surface area contributed by atoms with Crippen LogP contribution in [0.15, 0.2) is 227 Å². The fraction of sp³-hybridized carbons (Fsp3) is 0. The smallest absolute Gasteiger partial charge is 0.213 e. The third kappa shape index (κ3) is 5.27. The maximum Gasteiger partial charge on any atom is 0.213 e. The molecule has 0 N–H and O–H groups in total. The van der Waals surface area contributed by atoms with E-state index in [-0.39, 0.29) is 0 Å². The van der Waals surface area contributed by atoms with E-state index < -0.39 is 0 Å². The molecule has 290 valence electrons. The molecule has 0 unspecified atom stereocenters. The van der Waals surface area contributed by atoms with E-state index in [0.29, 0.717) is 0 Å². The molecular formula is C58H36N2O2. The van der Waals surface area contributed by atoms with E-state index in [4.69, 9.17) is 8.83 Å². The predicted octanol–water partition coefficient (Wildman–Crippen LogP) is 16.5. The van der Waals surface area contributed by atoms with Crippen molar-refractivity contribution in [1.82, 2.24) is 4.57 Å². The molecule has 0 saturated carbocycles. The second-order valence-corrected chi connectivity index (χ2v) is 16.1. The first-order chi connectivity index (χ1) is 30.7. The predicted molar refractivity (Wildman–Crippen MR) is 258 cm³/mol. The molecule has 62 heavy (non-hydrogen) atoms. The molecule has 13 aromatic rings. The summed E-state index contributed by atoms with van der Waals surface area (Å²) in [5, 5.41) is 10.6. The Hall–Kier alpha value is -8.34. The summed E-state index contributed by atoms with van der Waals surface area (Å²) in [6, 6.07) is 77.9. The van der Waals surface area contributed by atoms with Crippen LogP contribution in [0.5, 0.6) is 0 Å². The Bertz CT molecular complexity index is 3850. The first-order valence-electron chi connectivity index (χ1n) is 21.1. The van der Waals surface area contributed by atoms with Crippen LogP contribution in [-0.4, -0.2) is 4.57 Å². The number of rotatable bonds is 6. The van der Waals surface area contributed by atoms with Crippen LogP contribution < -0.4 is 4.90 Å². The Labute approximate surface area is 356 Å². The number of furan rings is 2. The van der Waals surface area contributed by atoms with Crippen molar-refractivity contribution in [2.75, 3.05) is 4.90 Å². The zero-order valence-corrected chi connectivity index (χ0v) is 33.5. The normalized spacial score (nSPS) is 11.9. The van der Waals surface area contributed by atoms with Crippen molar-refractivity contribution >= 4 is 93.5 Å². The maximum atomic E-state index is 6.67. The van der Waals surface area contributed by atoms with Crippen molar-refractivity contribution in [2.45, 2.75) is 0 Å². The van der Waals surface area contributed by atoms with Gasteiger partial charge in [0, 0.05) is 38.6 Å². The van der Waals surface area contributed by atoms with E-state index in [1.54, 1.807) is 0 Å². The van der Waals surface area contributed by atoms with Crippen LogP contribution in [0.4, 0.5) is 17.1 Å². The topological polar surface area (TPSA) is 34.5 Å². The van der Waals surface area contributed by atoms with Gasteiger partial charge in [0.25, 0.3) is 0 Å². The van der Waals surface area contributed by atoms with Gasteiger partial charge in [-0.3, -0.25) is 4.57 Å². The van der Waals surface area contributed by atoms with Crippen LogP contribution in [0, 0.1) is 0 Å². The Kier molecular flexibility index (Phi) is 7.57. The summed E-state index contributed by atoms with van der Waals surface area (Å²) in [6.07, 6.45) is 0. The van der Waals surface area contributed by atoms with Gasteiger partial charge < -0.3 is 13.7 Å². The van der Waals surface area contributed by atoms with Crippen molar-refractivity contribution in [3.8, 4) is 27.9 Å². The molecule has 0 atom stereocenters. The fourth-order valence-corrected chi connectivity index (χ4v) is 9.73. The molecule has 0 amide bonds. The average Bonchev–Trinajstić information content (AvgIpc) is 4.01. The maximum absolute atomic E-state index is 6.67. The van der Waals surface area contributed by atoms with Gasteiger partial charge in [0.1, 0.15) is 11.2 Å². The number of fused-ring (bicyclic) bond motifs is 11. The third-order valence-electron chi connectivity index (χ3n) is 12.6. The Morgan fingerprint density at radius 3 is 1.74 bits per heavy atom. The van der Waals surface area contributed by atoms with Crippen LogP contribution in [0.25, 0.3) is 104 Å². The molecule has 4 heteroatoms. The van der Waals surface area contributed by atoms with Gasteiger partial charge in [-0.05, 0) is 117 Å². The molecule has 0 aliphatic carbocycles. The lowest BCUT2D eigenvalue weighted by Crippen LogP contribution is -2.10. The highest BCUT2D eigenvalue weighted by atomic mass is 16.3. The summed E-state index contributed by atoms with van der Waals surface area (Å²) >= 11 is 0. The minimum Gasteiger partial charge on any atom is -0.454 e. The standard InChI is InChI=1S/C58H36N2O2/c1-2-14-41(15-3-1)60-52-34-29-39(35-51(52)56-49-20-9-11-24-55(49)62-58(56)60)37-25-30-42(31-26-37)59(53-22-12-21-48-47-19-8-10-23-54(47)61-57(48)53)43-32-27-38(28-33-43)50-36-40-13-4-5-16-44(40)45-17-6-7-18-46(45)50/h1-36H. The number of para-hydroxylation sites is 4. The van der Waals surface area contributed by atoms with Crippen molar-refractivity contribution in [1.29, 1.82) is 0 Å². The second kappa shape index (κ2) is 13.6. The number of hydrogen-bond acceptors (Lipinski definition) is 3. The van der Waals surface area contributed by atoms with E-state index in [9.17, 15) is 0 Å². The largest absolute Gasteiger partial charge is 0.454 e. The number of benzene rings is 10. The molecular weight excluding hydrogens is 757 g/mol. The Balaban J connectivity index is 0.951. The molecule has 0 radical (unpaired) electrons. The molecule has 0 spiro atoms. The molecule has 3 aromatic heterocycles. The van der Waals surface area contributed by atoms with Crippen LogP contribution in [0.1, 0.15) is 0 Å². The van der Waals surface area contributed by atoms with Gasteiger partial charge in [-0.25, -0.2) is 0 Å². The highest BCUT2D eigenvalue weighted by molar-refractivity contribution is 6.20. The molecule has 0 aliphatic rings. The summed E-state index contributed by atoms with van der Waals surface area (Å²) < 4.78 is 15.5. The third-order valence-corrected chi connectivity index (χ3v) is 12.6. The zero-order valence-electron chi connectivity index (χ0n) is 33.5. The summed E-state index contributed by atoms with van der Waals surface area (Å²) in [5.41, 5.74) is 13.4. The number of anilines is 3. The van der Waals surface area contributed by atoms with Crippen molar-refractivity contribution in [3.63, 3.8) is 0 Å². The highest BCUT2D eigenvalue weighted by Gasteiger charge is 2.22. The monoisotopic (exact) mass is 792 g/mol. The lowest BCUT2D eigenvalue weighted by Gasteiger charge is -2.26. The number of hydrogen-bond donors (Lipinski definition) is 0. The highest BCUT2D eigenvalue weighted by Crippen LogP contribution is 2.45. The minimum atomic E-state index is 0.854. The zero-order chi connectivity index (χ0) is 40.7. The summed E-state index contributed by atoms with van der Waals surface area (Å²) in [4.78, 5) is 2.32. The molecule has 13 rings (SSSR count). The van der Waals surface area contributed by atoms with Gasteiger partial charge in [-0.1, -0.05) is 146 Å². The van der Waals surface area contributed by atoms with Crippen LogP contribution in [0.3, 0.4) is 0 Å². The van der Waals surface area contributed by atoms with Gasteiger partial charge in [0.2, 0.25) is 5.71 Å². The molecule has 0 aliphatic heterocycles. The van der Waals surface area contributed by atoms with E-state index >= 15 is 0 Å². The number of nitrogens with zero attached hydrogens (tertiary/aromatic N) is 2. The summed E-state index contributed by atoms with van der Waals surface area (Å²) in [5.74, 6) is 0. The first kappa shape index (κ1) is 34.5.